The first-order valence-electron chi connectivity index (χ1n) is 16.4. The zero-order valence-corrected chi connectivity index (χ0v) is 28.9. The Morgan fingerprint density at radius 3 is 2.23 bits per heavy atom. The molecule has 0 spiro atoms. The number of sulfonamides is 1. The van der Waals surface area contributed by atoms with Crippen LogP contribution in [-0.2, 0) is 32.6 Å². The summed E-state index contributed by atoms with van der Waals surface area (Å²) >= 11 is 6.62. The number of para-hydroxylation sites is 2. The van der Waals surface area contributed by atoms with Gasteiger partial charge in [-0.25, -0.2) is 8.42 Å². The molecule has 1 N–H and O–H groups in total. The number of nitrogens with one attached hydrogen (secondary N) is 1. The Hall–Kier alpha value is -4.34. The van der Waals surface area contributed by atoms with Crippen molar-refractivity contribution in [1.29, 1.82) is 0 Å². The maximum Gasteiger partial charge on any atom is 0.264 e. The van der Waals surface area contributed by atoms with Crippen molar-refractivity contribution in [2.24, 2.45) is 0 Å². The van der Waals surface area contributed by atoms with Gasteiger partial charge in [-0.1, -0.05) is 103 Å². The molecule has 252 valence electrons. The van der Waals surface area contributed by atoms with Gasteiger partial charge in [-0.05, 0) is 68.1 Å². The minimum Gasteiger partial charge on any atom is -0.492 e. The van der Waals surface area contributed by atoms with E-state index >= 15 is 0 Å². The first-order chi connectivity index (χ1) is 23.2. The van der Waals surface area contributed by atoms with E-state index in [1.807, 2.05) is 56.3 Å². The predicted molar refractivity (Wildman–Crippen MR) is 190 cm³/mol. The van der Waals surface area contributed by atoms with Gasteiger partial charge in [0.05, 0.1) is 17.2 Å². The Labute approximate surface area is 288 Å². The number of benzene rings is 4. The molecule has 0 radical (unpaired) electrons. The predicted octanol–water partition coefficient (Wildman–Crippen LogP) is 6.94. The summed E-state index contributed by atoms with van der Waals surface area (Å²) in [6, 6.07) is 29.0. The lowest BCUT2D eigenvalue weighted by molar-refractivity contribution is -0.140. The van der Waals surface area contributed by atoms with E-state index < -0.39 is 28.5 Å². The molecule has 4 aromatic rings. The second-order valence-corrected chi connectivity index (χ2v) is 14.3. The van der Waals surface area contributed by atoms with Crippen LogP contribution >= 0.6 is 11.6 Å². The number of nitrogens with zero attached hydrogens (tertiary/aromatic N) is 2. The van der Waals surface area contributed by atoms with Crippen LogP contribution < -0.4 is 14.4 Å². The van der Waals surface area contributed by atoms with Crippen molar-refractivity contribution in [2.45, 2.75) is 69.5 Å². The number of ether oxygens (including phenoxy) is 1. The number of halogens is 1. The lowest BCUT2D eigenvalue weighted by Gasteiger charge is -2.34. The molecular weight excluding hydrogens is 646 g/mol. The van der Waals surface area contributed by atoms with E-state index in [4.69, 9.17) is 16.3 Å². The minimum atomic E-state index is -4.27. The van der Waals surface area contributed by atoms with E-state index in [0.717, 1.165) is 41.1 Å². The number of anilines is 1. The van der Waals surface area contributed by atoms with E-state index in [1.165, 1.54) is 17.0 Å². The highest BCUT2D eigenvalue weighted by Gasteiger charge is 2.36. The van der Waals surface area contributed by atoms with Crippen molar-refractivity contribution in [1.82, 2.24) is 10.2 Å². The van der Waals surface area contributed by atoms with Gasteiger partial charge in [0, 0.05) is 24.0 Å². The Bertz CT molecular complexity index is 1790. The van der Waals surface area contributed by atoms with Crippen LogP contribution in [0.1, 0.15) is 49.3 Å². The first-order valence-corrected chi connectivity index (χ1v) is 18.2. The van der Waals surface area contributed by atoms with Crippen molar-refractivity contribution in [2.75, 3.05) is 17.5 Å². The first kappa shape index (κ1) is 35.0. The largest absolute Gasteiger partial charge is 0.492 e. The number of amides is 2. The molecule has 1 aliphatic carbocycles. The Kier molecular flexibility index (Phi) is 11.8. The molecule has 1 atom stereocenters. The van der Waals surface area contributed by atoms with Crippen molar-refractivity contribution in [3.8, 4) is 5.75 Å². The van der Waals surface area contributed by atoms with Crippen molar-refractivity contribution in [3.63, 3.8) is 0 Å². The number of carbonyl (C=O) groups excluding carboxylic acids is 2. The molecule has 4 aromatic carbocycles. The molecule has 0 bridgehead atoms. The molecule has 0 aliphatic heterocycles. The maximum atomic E-state index is 14.8. The van der Waals surface area contributed by atoms with Crippen LogP contribution in [0.3, 0.4) is 0 Å². The van der Waals surface area contributed by atoms with Crippen LogP contribution in [0.15, 0.2) is 108 Å². The van der Waals surface area contributed by atoms with E-state index in [1.54, 1.807) is 48.5 Å². The van der Waals surface area contributed by atoms with Gasteiger partial charge in [-0.2, -0.15) is 0 Å². The van der Waals surface area contributed by atoms with Crippen LogP contribution in [0.5, 0.6) is 5.75 Å². The standard InChI is InChI=1S/C38H42ClN3O5S/c1-3-47-36-20-12-11-19-34(36)42(48(45,46)32-23-21-28(2)22-24-32)27-37(43)41(26-30-15-7-10-18-33(30)39)35(25-29-13-5-4-6-14-29)38(44)40-31-16-8-9-17-31/h4-7,10-15,18-24,31,35H,3,8-9,16-17,25-27H2,1-2H3,(H,40,44)/t35-/m1/s1. The third-order valence-corrected chi connectivity index (χ3v) is 10.7. The number of aryl methyl sites for hydroxylation is 1. The smallest absolute Gasteiger partial charge is 0.264 e. The highest BCUT2D eigenvalue weighted by atomic mass is 35.5. The Morgan fingerprint density at radius 2 is 1.54 bits per heavy atom. The summed E-state index contributed by atoms with van der Waals surface area (Å²) in [6.07, 6.45) is 4.04. The fourth-order valence-corrected chi connectivity index (χ4v) is 7.64. The third-order valence-electron chi connectivity index (χ3n) is 8.59. The lowest BCUT2D eigenvalue weighted by atomic mass is 10.0. The molecule has 1 aliphatic rings. The normalized spacial score (nSPS) is 13.9. The average Bonchev–Trinajstić information content (AvgIpc) is 3.60. The number of rotatable bonds is 14. The molecule has 0 unspecified atom stereocenters. The monoisotopic (exact) mass is 687 g/mol. The van der Waals surface area contributed by atoms with Crippen LogP contribution in [0.4, 0.5) is 5.69 Å². The van der Waals surface area contributed by atoms with Crippen LogP contribution in [0.2, 0.25) is 5.02 Å². The fraction of sp³-hybridized carbons (Fsp3) is 0.316. The summed E-state index contributed by atoms with van der Waals surface area (Å²) in [4.78, 5) is 30.5. The van der Waals surface area contributed by atoms with Crippen molar-refractivity contribution >= 4 is 39.1 Å². The van der Waals surface area contributed by atoms with E-state index in [9.17, 15) is 18.0 Å². The molecule has 10 heteroatoms. The molecule has 2 amide bonds. The summed E-state index contributed by atoms with van der Waals surface area (Å²) in [5.74, 6) is -0.519. The summed E-state index contributed by atoms with van der Waals surface area (Å²) in [5, 5.41) is 3.63. The molecule has 1 fully saturated rings. The molecule has 0 saturated heterocycles. The summed E-state index contributed by atoms with van der Waals surface area (Å²) < 4.78 is 35.7. The third kappa shape index (κ3) is 8.57. The summed E-state index contributed by atoms with van der Waals surface area (Å²) in [6.45, 7) is 3.40. The van der Waals surface area contributed by atoms with Gasteiger partial charge < -0.3 is 15.0 Å². The topological polar surface area (TPSA) is 96.0 Å². The second kappa shape index (κ2) is 16.2. The average molecular weight is 688 g/mol. The van der Waals surface area contributed by atoms with Crippen LogP contribution in [0.25, 0.3) is 0 Å². The summed E-state index contributed by atoms with van der Waals surface area (Å²) in [7, 11) is -4.27. The van der Waals surface area contributed by atoms with Gasteiger partial charge >= 0.3 is 0 Å². The quantitative estimate of drug-likeness (QED) is 0.155. The van der Waals surface area contributed by atoms with Gasteiger partial charge in [0.1, 0.15) is 18.3 Å². The maximum absolute atomic E-state index is 14.8. The molecule has 1 saturated carbocycles. The molecule has 0 heterocycles. The van der Waals surface area contributed by atoms with E-state index in [2.05, 4.69) is 5.32 Å². The van der Waals surface area contributed by atoms with E-state index in [-0.39, 0.29) is 35.5 Å². The second-order valence-electron chi connectivity index (χ2n) is 12.0. The van der Waals surface area contributed by atoms with Crippen molar-refractivity contribution in [3.05, 3.63) is 125 Å². The van der Waals surface area contributed by atoms with E-state index in [0.29, 0.717) is 22.9 Å². The molecule has 0 aromatic heterocycles. The molecule has 5 rings (SSSR count). The van der Waals surface area contributed by atoms with Crippen molar-refractivity contribution < 1.29 is 22.7 Å². The SMILES string of the molecule is CCOc1ccccc1N(CC(=O)N(Cc1ccccc1Cl)[C@H](Cc1ccccc1)C(=O)NC1CCCC1)S(=O)(=O)c1ccc(C)cc1. The molecule has 48 heavy (non-hydrogen) atoms. The summed E-state index contributed by atoms with van der Waals surface area (Å²) in [5.41, 5.74) is 2.63. The van der Waals surface area contributed by atoms with Gasteiger partial charge in [0.2, 0.25) is 11.8 Å². The number of carbonyl (C=O) groups is 2. The van der Waals surface area contributed by atoms with Gasteiger partial charge in [0.15, 0.2) is 0 Å². The Morgan fingerprint density at radius 1 is 0.896 bits per heavy atom. The minimum absolute atomic E-state index is 0.000377. The molecule has 8 nitrogen and oxygen atoms in total. The highest BCUT2D eigenvalue weighted by Crippen LogP contribution is 2.33. The van der Waals surface area contributed by atoms with Crippen LogP contribution in [-0.4, -0.2) is 50.4 Å². The molecular formula is C38H42ClN3O5S. The lowest BCUT2D eigenvalue weighted by Crippen LogP contribution is -2.54. The number of hydrogen-bond donors (Lipinski definition) is 1. The fourth-order valence-electron chi connectivity index (χ4n) is 6.02. The highest BCUT2D eigenvalue weighted by molar-refractivity contribution is 7.92. The van der Waals surface area contributed by atoms with Gasteiger partial charge in [-0.15, -0.1) is 0 Å². The van der Waals surface area contributed by atoms with Crippen LogP contribution in [0, 0.1) is 6.92 Å². The zero-order valence-electron chi connectivity index (χ0n) is 27.3. The Balaban J connectivity index is 1.60. The van der Waals surface area contributed by atoms with Gasteiger partial charge in [-0.3, -0.25) is 13.9 Å². The van der Waals surface area contributed by atoms with Gasteiger partial charge in [0.25, 0.3) is 10.0 Å². The zero-order chi connectivity index (χ0) is 34.1. The number of hydrogen-bond acceptors (Lipinski definition) is 5.